The molecule has 2 aromatic rings. The maximum absolute atomic E-state index is 4.60. The van der Waals surface area contributed by atoms with E-state index in [4.69, 9.17) is 0 Å². The average Bonchev–Trinajstić information content (AvgIpc) is 2.88. The molecule has 6 nitrogen and oxygen atoms in total. The van der Waals surface area contributed by atoms with Gasteiger partial charge in [-0.1, -0.05) is 0 Å². The van der Waals surface area contributed by atoms with E-state index in [9.17, 15) is 0 Å². The highest BCUT2D eigenvalue weighted by Crippen LogP contribution is 2.32. The van der Waals surface area contributed by atoms with Crippen molar-refractivity contribution in [1.82, 2.24) is 24.6 Å². The second kappa shape index (κ2) is 4.66. The van der Waals surface area contributed by atoms with Gasteiger partial charge in [0.1, 0.15) is 12.1 Å². The van der Waals surface area contributed by atoms with Crippen molar-refractivity contribution in [2.45, 2.75) is 38.3 Å². The standard InChI is InChI=1S/C15H22N6/c1-10-13-14(20(3)18-10)16-9-17-15(13)21-7-6-11-4-5-12(8-21)19(11)2/h9,11-12H,4-8H2,1-3H3/t11-,12+/m0/s1. The molecule has 0 unspecified atom stereocenters. The number of nitrogens with zero attached hydrogens (tertiary/aromatic N) is 6. The summed E-state index contributed by atoms with van der Waals surface area (Å²) in [4.78, 5) is 14.0. The molecule has 2 bridgehead atoms. The molecule has 2 aliphatic rings. The summed E-state index contributed by atoms with van der Waals surface area (Å²) in [7, 11) is 4.22. The van der Waals surface area contributed by atoms with Crippen molar-refractivity contribution in [2.24, 2.45) is 7.05 Å². The van der Waals surface area contributed by atoms with Gasteiger partial charge in [0.15, 0.2) is 5.65 Å². The zero-order valence-corrected chi connectivity index (χ0v) is 13.0. The van der Waals surface area contributed by atoms with Crippen molar-refractivity contribution in [2.75, 3.05) is 25.0 Å². The molecule has 2 fully saturated rings. The molecule has 2 aromatic heterocycles. The zero-order chi connectivity index (χ0) is 14.6. The molecule has 4 rings (SSSR count). The van der Waals surface area contributed by atoms with Crippen LogP contribution in [-0.2, 0) is 7.05 Å². The van der Waals surface area contributed by atoms with Gasteiger partial charge in [0.05, 0.1) is 11.1 Å². The van der Waals surface area contributed by atoms with Gasteiger partial charge in [-0.2, -0.15) is 5.10 Å². The Morgan fingerprint density at radius 2 is 1.90 bits per heavy atom. The highest BCUT2D eigenvalue weighted by molar-refractivity contribution is 5.89. The first-order valence-electron chi connectivity index (χ1n) is 7.76. The van der Waals surface area contributed by atoms with Crippen LogP contribution in [0.1, 0.15) is 25.0 Å². The molecular weight excluding hydrogens is 264 g/mol. The lowest BCUT2D eigenvalue weighted by molar-refractivity contribution is 0.254. The minimum Gasteiger partial charge on any atom is -0.354 e. The van der Waals surface area contributed by atoms with Crippen LogP contribution in [0.4, 0.5) is 5.82 Å². The molecule has 112 valence electrons. The smallest absolute Gasteiger partial charge is 0.163 e. The Bertz CT molecular complexity index is 678. The number of anilines is 1. The van der Waals surface area contributed by atoms with E-state index in [0.29, 0.717) is 6.04 Å². The Kier molecular flexibility index (Phi) is 2.89. The second-order valence-corrected chi connectivity index (χ2v) is 6.39. The SMILES string of the molecule is Cc1nn(C)c2ncnc(N3CC[C@@H]4CC[C@H](C3)N4C)c12. The number of hydrogen-bond donors (Lipinski definition) is 0. The van der Waals surface area contributed by atoms with Crippen LogP contribution in [0.25, 0.3) is 11.0 Å². The van der Waals surface area contributed by atoms with Gasteiger partial charge in [-0.05, 0) is 33.2 Å². The zero-order valence-electron chi connectivity index (χ0n) is 13.0. The van der Waals surface area contributed by atoms with Gasteiger partial charge in [0.25, 0.3) is 0 Å². The number of likely N-dealkylation sites (N-methyl/N-ethyl adjacent to an activating group) is 1. The number of aromatic nitrogens is 4. The first kappa shape index (κ1) is 13.0. The first-order chi connectivity index (χ1) is 10.1. The summed E-state index contributed by atoms with van der Waals surface area (Å²) in [6.45, 7) is 4.19. The van der Waals surface area contributed by atoms with Crippen LogP contribution in [0, 0.1) is 6.92 Å². The van der Waals surface area contributed by atoms with Crippen LogP contribution in [0.15, 0.2) is 6.33 Å². The van der Waals surface area contributed by atoms with Crippen molar-refractivity contribution in [3.05, 3.63) is 12.0 Å². The molecule has 0 saturated carbocycles. The lowest BCUT2D eigenvalue weighted by Crippen LogP contribution is -2.37. The Morgan fingerprint density at radius 1 is 1.10 bits per heavy atom. The average molecular weight is 286 g/mol. The van der Waals surface area contributed by atoms with Crippen LogP contribution in [0.3, 0.4) is 0 Å². The fourth-order valence-electron chi connectivity index (χ4n) is 4.00. The lowest BCUT2D eigenvalue weighted by atomic mass is 10.1. The predicted octanol–water partition coefficient (Wildman–Crippen LogP) is 1.34. The van der Waals surface area contributed by atoms with Crippen LogP contribution >= 0.6 is 0 Å². The van der Waals surface area contributed by atoms with E-state index in [2.05, 4.69) is 31.9 Å². The van der Waals surface area contributed by atoms with E-state index >= 15 is 0 Å². The molecule has 0 radical (unpaired) electrons. The van der Waals surface area contributed by atoms with E-state index in [-0.39, 0.29) is 0 Å². The van der Waals surface area contributed by atoms with Gasteiger partial charge >= 0.3 is 0 Å². The molecule has 2 aliphatic heterocycles. The molecule has 6 heteroatoms. The number of hydrogen-bond acceptors (Lipinski definition) is 5. The quantitative estimate of drug-likeness (QED) is 0.792. The van der Waals surface area contributed by atoms with Gasteiger partial charge < -0.3 is 4.90 Å². The summed E-state index contributed by atoms with van der Waals surface area (Å²) < 4.78 is 1.85. The van der Waals surface area contributed by atoms with E-state index in [1.807, 2.05) is 18.7 Å². The van der Waals surface area contributed by atoms with Gasteiger partial charge in [-0.15, -0.1) is 0 Å². The number of fused-ring (bicyclic) bond motifs is 3. The van der Waals surface area contributed by atoms with Crippen molar-refractivity contribution >= 4 is 16.9 Å². The molecule has 0 N–H and O–H groups in total. The molecule has 0 amide bonds. The fraction of sp³-hybridized carbons (Fsp3) is 0.667. The Hall–Kier alpha value is -1.69. The van der Waals surface area contributed by atoms with Crippen molar-refractivity contribution < 1.29 is 0 Å². The third-order valence-electron chi connectivity index (χ3n) is 5.22. The molecule has 0 aromatic carbocycles. The molecule has 21 heavy (non-hydrogen) atoms. The summed E-state index contributed by atoms with van der Waals surface area (Å²) in [5.74, 6) is 1.06. The summed E-state index contributed by atoms with van der Waals surface area (Å²) >= 11 is 0. The van der Waals surface area contributed by atoms with Gasteiger partial charge in [0.2, 0.25) is 0 Å². The fourth-order valence-corrected chi connectivity index (χ4v) is 4.00. The van der Waals surface area contributed by atoms with Crippen LogP contribution in [0.2, 0.25) is 0 Å². The summed E-state index contributed by atoms with van der Waals surface area (Å²) in [6.07, 6.45) is 5.54. The van der Waals surface area contributed by atoms with Crippen molar-refractivity contribution in [3.8, 4) is 0 Å². The number of rotatable bonds is 1. The minimum absolute atomic E-state index is 0.652. The topological polar surface area (TPSA) is 50.1 Å². The maximum atomic E-state index is 4.60. The Balaban J connectivity index is 1.77. The molecular formula is C15H22N6. The normalized spacial score (nSPS) is 26.5. The van der Waals surface area contributed by atoms with E-state index in [1.165, 1.54) is 19.3 Å². The van der Waals surface area contributed by atoms with E-state index in [1.54, 1.807) is 6.33 Å². The summed E-state index contributed by atoms with van der Waals surface area (Å²) in [5, 5.41) is 5.62. The van der Waals surface area contributed by atoms with Crippen molar-refractivity contribution in [1.29, 1.82) is 0 Å². The summed E-state index contributed by atoms with van der Waals surface area (Å²) in [6, 6.07) is 1.40. The van der Waals surface area contributed by atoms with Gasteiger partial charge in [-0.25, -0.2) is 9.97 Å². The lowest BCUT2D eigenvalue weighted by Gasteiger charge is -2.27. The maximum Gasteiger partial charge on any atom is 0.163 e. The molecule has 2 saturated heterocycles. The van der Waals surface area contributed by atoms with E-state index in [0.717, 1.165) is 41.7 Å². The van der Waals surface area contributed by atoms with Gasteiger partial charge in [0, 0.05) is 32.2 Å². The Morgan fingerprint density at radius 3 is 2.76 bits per heavy atom. The van der Waals surface area contributed by atoms with E-state index < -0.39 is 0 Å². The molecule has 0 spiro atoms. The predicted molar refractivity (Wildman–Crippen MR) is 82.4 cm³/mol. The molecule has 2 atom stereocenters. The highest BCUT2D eigenvalue weighted by Gasteiger charge is 2.35. The molecule has 4 heterocycles. The third kappa shape index (κ3) is 1.92. The van der Waals surface area contributed by atoms with Crippen LogP contribution in [0.5, 0.6) is 0 Å². The van der Waals surface area contributed by atoms with Crippen molar-refractivity contribution in [3.63, 3.8) is 0 Å². The Labute approximate surface area is 124 Å². The highest BCUT2D eigenvalue weighted by atomic mass is 15.3. The van der Waals surface area contributed by atoms with Crippen LogP contribution in [-0.4, -0.2) is 56.9 Å². The summed E-state index contributed by atoms with van der Waals surface area (Å²) in [5.41, 5.74) is 1.95. The third-order valence-corrected chi connectivity index (χ3v) is 5.22. The van der Waals surface area contributed by atoms with Gasteiger partial charge in [-0.3, -0.25) is 9.58 Å². The number of aryl methyl sites for hydroxylation is 2. The molecule has 0 aliphatic carbocycles. The monoisotopic (exact) mass is 286 g/mol. The minimum atomic E-state index is 0.652. The van der Waals surface area contributed by atoms with Crippen LogP contribution < -0.4 is 4.90 Å². The second-order valence-electron chi connectivity index (χ2n) is 6.39. The largest absolute Gasteiger partial charge is 0.354 e. The first-order valence-corrected chi connectivity index (χ1v) is 7.76.